The highest BCUT2D eigenvalue weighted by molar-refractivity contribution is 5.82. The van der Waals surface area contributed by atoms with E-state index in [1.165, 1.54) is 0 Å². The molecule has 0 aliphatic heterocycles. The zero-order valence-electron chi connectivity index (χ0n) is 13.1. The van der Waals surface area contributed by atoms with E-state index in [2.05, 4.69) is 5.32 Å². The number of carbonyl (C=O) groups is 2. The van der Waals surface area contributed by atoms with E-state index < -0.39 is 11.1 Å². The molecule has 0 atom stereocenters. The number of hydrogen-bond donors (Lipinski definition) is 1. The molecule has 0 aromatic carbocycles. The summed E-state index contributed by atoms with van der Waals surface area (Å²) >= 11 is 0. The average molecular weight is 285 g/mol. The van der Waals surface area contributed by atoms with Crippen molar-refractivity contribution >= 4 is 11.9 Å². The Morgan fingerprint density at radius 1 is 1.15 bits per heavy atom. The predicted octanol–water partition coefficient (Wildman–Crippen LogP) is 2.18. The molecule has 0 unspecified atom stereocenters. The SMILES string of the molecule is CCOC(=O)C1(NCC(=O)OC(C)(C)C)CCCCC1. The summed E-state index contributed by atoms with van der Waals surface area (Å²) in [6.07, 6.45) is 4.50. The largest absolute Gasteiger partial charge is 0.465 e. The van der Waals surface area contributed by atoms with Gasteiger partial charge in [-0.05, 0) is 40.5 Å². The number of ether oxygens (including phenoxy) is 2. The zero-order chi connectivity index (χ0) is 15.2. The van der Waals surface area contributed by atoms with Gasteiger partial charge in [0.25, 0.3) is 0 Å². The molecule has 1 rings (SSSR count). The number of rotatable bonds is 5. The van der Waals surface area contributed by atoms with Gasteiger partial charge in [0.15, 0.2) is 0 Å². The molecule has 1 aliphatic rings. The highest BCUT2D eigenvalue weighted by atomic mass is 16.6. The van der Waals surface area contributed by atoms with Crippen LogP contribution in [0.3, 0.4) is 0 Å². The van der Waals surface area contributed by atoms with Gasteiger partial charge in [0.05, 0.1) is 13.2 Å². The summed E-state index contributed by atoms with van der Waals surface area (Å²) in [5.41, 5.74) is -1.23. The molecular formula is C15H27NO4. The Balaban J connectivity index is 2.61. The molecule has 1 fully saturated rings. The maximum Gasteiger partial charge on any atom is 0.326 e. The summed E-state index contributed by atoms with van der Waals surface area (Å²) in [5, 5.41) is 3.09. The minimum absolute atomic E-state index is 0.0378. The molecule has 1 N–H and O–H groups in total. The first-order chi connectivity index (χ1) is 9.29. The molecular weight excluding hydrogens is 258 g/mol. The second kappa shape index (κ2) is 7.07. The summed E-state index contributed by atoms with van der Waals surface area (Å²) < 4.78 is 10.4. The number of carbonyl (C=O) groups excluding carboxylic acids is 2. The van der Waals surface area contributed by atoms with Gasteiger partial charge in [-0.3, -0.25) is 14.9 Å². The zero-order valence-corrected chi connectivity index (χ0v) is 13.1. The van der Waals surface area contributed by atoms with Gasteiger partial charge in [0.1, 0.15) is 11.1 Å². The Kier molecular flexibility index (Phi) is 5.99. The minimum atomic E-state index is -0.717. The van der Waals surface area contributed by atoms with Crippen molar-refractivity contribution in [3.63, 3.8) is 0 Å². The maximum absolute atomic E-state index is 12.2. The van der Waals surface area contributed by atoms with Crippen LogP contribution in [-0.2, 0) is 19.1 Å². The molecule has 0 bridgehead atoms. The van der Waals surface area contributed by atoms with Crippen LogP contribution in [-0.4, -0.2) is 36.2 Å². The third kappa shape index (κ3) is 5.12. The highest BCUT2D eigenvalue weighted by Crippen LogP contribution is 2.29. The second-order valence-corrected chi connectivity index (χ2v) is 6.30. The molecule has 0 spiro atoms. The normalized spacial score (nSPS) is 18.4. The fraction of sp³-hybridized carbons (Fsp3) is 0.867. The Labute approximate surface area is 121 Å². The highest BCUT2D eigenvalue weighted by Gasteiger charge is 2.41. The standard InChI is InChI=1S/C15H27NO4/c1-5-19-13(18)15(9-7-6-8-10-15)16-11-12(17)20-14(2,3)4/h16H,5-11H2,1-4H3. The van der Waals surface area contributed by atoms with E-state index in [0.717, 1.165) is 19.3 Å². The Hall–Kier alpha value is -1.10. The van der Waals surface area contributed by atoms with Gasteiger partial charge in [0.2, 0.25) is 0 Å². The van der Waals surface area contributed by atoms with Gasteiger partial charge in [-0.15, -0.1) is 0 Å². The van der Waals surface area contributed by atoms with Crippen LogP contribution < -0.4 is 5.32 Å². The molecule has 0 amide bonds. The lowest BCUT2D eigenvalue weighted by atomic mass is 9.81. The van der Waals surface area contributed by atoms with Crippen molar-refractivity contribution in [3.05, 3.63) is 0 Å². The Morgan fingerprint density at radius 3 is 2.25 bits per heavy atom. The summed E-state index contributed by atoms with van der Waals surface area (Å²) in [5.74, 6) is -0.588. The molecule has 116 valence electrons. The van der Waals surface area contributed by atoms with Gasteiger partial charge in [0, 0.05) is 0 Å². The van der Waals surface area contributed by atoms with E-state index in [9.17, 15) is 9.59 Å². The molecule has 0 aromatic rings. The molecule has 5 heteroatoms. The summed E-state index contributed by atoms with van der Waals surface area (Å²) in [6.45, 7) is 7.67. The van der Waals surface area contributed by atoms with Crippen LogP contribution in [0.5, 0.6) is 0 Å². The fourth-order valence-corrected chi connectivity index (χ4v) is 2.50. The van der Waals surface area contributed by atoms with E-state index in [0.29, 0.717) is 19.4 Å². The van der Waals surface area contributed by atoms with E-state index >= 15 is 0 Å². The molecule has 0 saturated heterocycles. The Morgan fingerprint density at radius 2 is 1.75 bits per heavy atom. The first-order valence-electron chi connectivity index (χ1n) is 7.43. The van der Waals surface area contributed by atoms with Gasteiger partial charge in [-0.2, -0.15) is 0 Å². The van der Waals surface area contributed by atoms with Crippen molar-refractivity contribution in [2.75, 3.05) is 13.2 Å². The lowest BCUT2D eigenvalue weighted by molar-refractivity contribution is -0.157. The average Bonchev–Trinajstić information content (AvgIpc) is 2.36. The molecule has 1 aliphatic carbocycles. The first kappa shape index (κ1) is 17.0. The van der Waals surface area contributed by atoms with E-state index in [4.69, 9.17) is 9.47 Å². The number of nitrogens with one attached hydrogen (secondary N) is 1. The summed E-state index contributed by atoms with van der Waals surface area (Å²) in [7, 11) is 0. The van der Waals surface area contributed by atoms with Crippen molar-refractivity contribution < 1.29 is 19.1 Å². The van der Waals surface area contributed by atoms with Crippen LogP contribution in [0.4, 0.5) is 0 Å². The van der Waals surface area contributed by atoms with Crippen LogP contribution in [0.25, 0.3) is 0 Å². The molecule has 1 saturated carbocycles. The van der Waals surface area contributed by atoms with Crippen molar-refractivity contribution in [2.45, 2.75) is 70.9 Å². The molecule has 0 heterocycles. The molecule has 0 aromatic heterocycles. The minimum Gasteiger partial charge on any atom is -0.465 e. The third-order valence-corrected chi connectivity index (χ3v) is 3.36. The van der Waals surface area contributed by atoms with E-state index in [1.807, 2.05) is 20.8 Å². The lowest BCUT2D eigenvalue weighted by Crippen LogP contribution is -2.56. The predicted molar refractivity (Wildman–Crippen MR) is 76.3 cm³/mol. The number of hydrogen-bond acceptors (Lipinski definition) is 5. The summed E-state index contributed by atoms with van der Waals surface area (Å²) in [6, 6.07) is 0. The van der Waals surface area contributed by atoms with Gasteiger partial charge >= 0.3 is 11.9 Å². The van der Waals surface area contributed by atoms with Crippen LogP contribution >= 0.6 is 0 Å². The van der Waals surface area contributed by atoms with Gasteiger partial charge < -0.3 is 9.47 Å². The van der Waals surface area contributed by atoms with Crippen molar-refractivity contribution in [2.24, 2.45) is 0 Å². The van der Waals surface area contributed by atoms with Crippen LogP contribution in [0, 0.1) is 0 Å². The first-order valence-corrected chi connectivity index (χ1v) is 7.43. The lowest BCUT2D eigenvalue weighted by Gasteiger charge is -2.35. The van der Waals surface area contributed by atoms with E-state index in [-0.39, 0.29) is 18.5 Å². The summed E-state index contributed by atoms with van der Waals surface area (Å²) in [4.78, 5) is 24.0. The van der Waals surface area contributed by atoms with Crippen LogP contribution in [0.1, 0.15) is 59.8 Å². The Bertz CT molecular complexity index is 340. The topological polar surface area (TPSA) is 64.6 Å². The molecule has 5 nitrogen and oxygen atoms in total. The van der Waals surface area contributed by atoms with Crippen LogP contribution in [0.2, 0.25) is 0 Å². The van der Waals surface area contributed by atoms with Gasteiger partial charge in [-0.25, -0.2) is 0 Å². The van der Waals surface area contributed by atoms with E-state index in [1.54, 1.807) is 6.92 Å². The molecule has 20 heavy (non-hydrogen) atoms. The van der Waals surface area contributed by atoms with Crippen molar-refractivity contribution in [1.29, 1.82) is 0 Å². The monoisotopic (exact) mass is 285 g/mol. The van der Waals surface area contributed by atoms with Crippen molar-refractivity contribution in [3.8, 4) is 0 Å². The van der Waals surface area contributed by atoms with Crippen molar-refractivity contribution in [1.82, 2.24) is 5.32 Å². The second-order valence-electron chi connectivity index (χ2n) is 6.30. The number of esters is 2. The smallest absolute Gasteiger partial charge is 0.326 e. The third-order valence-electron chi connectivity index (χ3n) is 3.36. The maximum atomic E-state index is 12.2. The van der Waals surface area contributed by atoms with Gasteiger partial charge in [-0.1, -0.05) is 19.3 Å². The quantitative estimate of drug-likeness (QED) is 0.784. The molecule has 0 radical (unpaired) electrons. The van der Waals surface area contributed by atoms with Crippen LogP contribution in [0.15, 0.2) is 0 Å². The fourth-order valence-electron chi connectivity index (χ4n) is 2.50.